The van der Waals surface area contributed by atoms with Crippen LogP contribution < -0.4 is 0 Å². The topological polar surface area (TPSA) is 23.5 Å². The van der Waals surface area contributed by atoms with Crippen molar-refractivity contribution < 1.29 is 5.02 Å². The Morgan fingerprint density at radius 3 is 1.86 bits per heavy atom. The Bertz CT molecular complexity index is 33.2. The first-order valence-corrected chi connectivity index (χ1v) is 2.56. The van der Waals surface area contributed by atoms with Crippen LogP contribution in [0.2, 0.25) is 0 Å². The van der Waals surface area contributed by atoms with Crippen LogP contribution in [0.15, 0.2) is 0 Å². The SMILES string of the molecule is CCN([B]O)CC. The highest BCUT2D eigenvalue weighted by Crippen LogP contribution is 1.77. The molecule has 2 nitrogen and oxygen atoms in total. The van der Waals surface area contributed by atoms with Crippen molar-refractivity contribution in [2.45, 2.75) is 13.8 Å². The van der Waals surface area contributed by atoms with Gasteiger partial charge in [-0.05, 0) is 13.1 Å². The van der Waals surface area contributed by atoms with E-state index in [1.165, 1.54) is 0 Å². The summed E-state index contributed by atoms with van der Waals surface area (Å²) in [5, 5.41) is 8.33. The molecule has 0 aliphatic rings. The van der Waals surface area contributed by atoms with Gasteiger partial charge in [0.05, 0.1) is 0 Å². The van der Waals surface area contributed by atoms with Crippen molar-refractivity contribution in [1.29, 1.82) is 0 Å². The standard InChI is InChI=1S/C4H11BNO/c1-3-6(4-2)5-7/h7H,3-4H2,1-2H3. The third-order valence-electron chi connectivity index (χ3n) is 0.976. The Morgan fingerprint density at radius 1 is 1.43 bits per heavy atom. The summed E-state index contributed by atoms with van der Waals surface area (Å²) in [4.78, 5) is 1.81. The molecule has 0 saturated carbocycles. The van der Waals surface area contributed by atoms with Crippen LogP contribution >= 0.6 is 0 Å². The molecule has 41 valence electrons. The molecule has 1 N–H and O–H groups in total. The lowest BCUT2D eigenvalue weighted by atomic mass is 10.2. The van der Waals surface area contributed by atoms with E-state index in [1.807, 2.05) is 13.8 Å². The zero-order valence-corrected chi connectivity index (χ0v) is 4.89. The molecule has 0 fully saturated rings. The number of hydrogen-bond acceptors (Lipinski definition) is 2. The summed E-state index contributed by atoms with van der Waals surface area (Å²) in [6.45, 7) is 5.76. The third kappa shape index (κ3) is 2.65. The Labute approximate surface area is 45.4 Å². The average molecular weight is 99.9 g/mol. The molecule has 0 aromatic rings. The van der Waals surface area contributed by atoms with E-state index in [1.54, 1.807) is 4.81 Å². The quantitative estimate of drug-likeness (QED) is 0.498. The van der Waals surface area contributed by atoms with Gasteiger partial charge in [-0.1, -0.05) is 13.8 Å². The van der Waals surface area contributed by atoms with Crippen LogP contribution in [0.3, 0.4) is 0 Å². The molecule has 0 amide bonds. The van der Waals surface area contributed by atoms with Crippen LogP contribution in [0.1, 0.15) is 13.8 Å². The third-order valence-corrected chi connectivity index (χ3v) is 0.976. The molecule has 3 heteroatoms. The lowest BCUT2D eigenvalue weighted by Crippen LogP contribution is -2.26. The maximum absolute atomic E-state index is 8.33. The van der Waals surface area contributed by atoms with Crippen LogP contribution in [0.5, 0.6) is 0 Å². The number of rotatable bonds is 3. The normalized spacial score (nSPS) is 9.71. The number of nitrogens with zero attached hydrogens (tertiary/aromatic N) is 1. The fourth-order valence-electron chi connectivity index (χ4n) is 0.387. The van der Waals surface area contributed by atoms with Gasteiger partial charge in [-0.3, -0.25) is 0 Å². The second-order valence-electron chi connectivity index (χ2n) is 1.34. The highest BCUT2D eigenvalue weighted by Gasteiger charge is 1.94. The van der Waals surface area contributed by atoms with Crippen LogP contribution in [0, 0.1) is 0 Å². The highest BCUT2D eigenvalue weighted by atomic mass is 16.2. The maximum atomic E-state index is 8.33. The minimum Gasteiger partial charge on any atom is -0.440 e. The van der Waals surface area contributed by atoms with Crippen molar-refractivity contribution in [2.24, 2.45) is 0 Å². The summed E-state index contributed by atoms with van der Waals surface area (Å²) in [7, 11) is 1.11. The van der Waals surface area contributed by atoms with Gasteiger partial charge in [0, 0.05) is 0 Å². The summed E-state index contributed by atoms with van der Waals surface area (Å²) in [6.07, 6.45) is 0. The summed E-state index contributed by atoms with van der Waals surface area (Å²) < 4.78 is 0. The molecule has 0 aliphatic heterocycles. The molecule has 0 heterocycles. The molecular formula is C4H11BNO. The smallest absolute Gasteiger partial charge is 0.395 e. The minimum atomic E-state index is 0.882. The fraction of sp³-hybridized carbons (Fsp3) is 1.00. The average Bonchev–Trinajstić information content (AvgIpc) is 1.72. The first kappa shape index (κ1) is 6.98. The lowest BCUT2D eigenvalue weighted by molar-refractivity contribution is 0.417. The van der Waals surface area contributed by atoms with E-state index in [2.05, 4.69) is 0 Å². The predicted molar refractivity (Wildman–Crippen MR) is 30.9 cm³/mol. The van der Waals surface area contributed by atoms with Crippen molar-refractivity contribution in [2.75, 3.05) is 13.1 Å². The molecule has 0 spiro atoms. The first-order valence-electron chi connectivity index (χ1n) is 2.56. The molecule has 0 unspecified atom stereocenters. The Hall–Kier alpha value is -0.0151. The van der Waals surface area contributed by atoms with E-state index in [0.29, 0.717) is 0 Å². The molecule has 0 rings (SSSR count). The van der Waals surface area contributed by atoms with Gasteiger partial charge in [-0.25, -0.2) is 0 Å². The Morgan fingerprint density at radius 2 is 1.86 bits per heavy atom. The second kappa shape index (κ2) is 4.15. The van der Waals surface area contributed by atoms with Crippen molar-refractivity contribution in [3.63, 3.8) is 0 Å². The largest absolute Gasteiger partial charge is 0.440 e. The van der Waals surface area contributed by atoms with Crippen LogP contribution in [0.25, 0.3) is 0 Å². The van der Waals surface area contributed by atoms with E-state index in [-0.39, 0.29) is 0 Å². The van der Waals surface area contributed by atoms with Crippen molar-refractivity contribution in [1.82, 2.24) is 4.81 Å². The molecule has 7 heavy (non-hydrogen) atoms. The molecule has 0 aromatic carbocycles. The predicted octanol–water partition coefficient (Wildman–Crippen LogP) is -0.145. The van der Waals surface area contributed by atoms with Gasteiger partial charge < -0.3 is 9.83 Å². The van der Waals surface area contributed by atoms with E-state index >= 15 is 0 Å². The van der Waals surface area contributed by atoms with Gasteiger partial charge in [0.15, 0.2) is 0 Å². The monoisotopic (exact) mass is 100 g/mol. The van der Waals surface area contributed by atoms with Crippen molar-refractivity contribution in [3.05, 3.63) is 0 Å². The molecule has 0 aliphatic carbocycles. The van der Waals surface area contributed by atoms with E-state index in [9.17, 15) is 0 Å². The van der Waals surface area contributed by atoms with Gasteiger partial charge in [-0.2, -0.15) is 0 Å². The summed E-state index contributed by atoms with van der Waals surface area (Å²) in [5.41, 5.74) is 0. The molecule has 0 aromatic heterocycles. The zero-order chi connectivity index (χ0) is 5.70. The van der Waals surface area contributed by atoms with Gasteiger partial charge in [-0.15, -0.1) is 0 Å². The van der Waals surface area contributed by atoms with Crippen molar-refractivity contribution in [3.8, 4) is 0 Å². The Balaban J connectivity index is 2.99. The first-order chi connectivity index (χ1) is 3.35. The maximum Gasteiger partial charge on any atom is 0.395 e. The zero-order valence-electron chi connectivity index (χ0n) is 4.89. The highest BCUT2D eigenvalue weighted by molar-refractivity contribution is 6.21. The van der Waals surface area contributed by atoms with E-state index < -0.39 is 0 Å². The molecule has 0 atom stereocenters. The van der Waals surface area contributed by atoms with E-state index in [4.69, 9.17) is 5.02 Å². The van der Waals surface area contributed by atoms with E-state index in [0.717, 1.165) is 20.7 Å². The van der Waals surface area contributed by atoms with Gasteiger partial charge >= 0.3 is 7.62 Å². The molecule has 0 saturated heterocycles. The van der Waals surface area contributed by atoms with Crippen molar-refractivity contribution >= 4 is 7.62 Å². The summed E-state index contributed by atoms with van der Waals surface area (Å²) >= 11 is 0. The lowest BCUT2D eigenvalue weighted by Gasteiger charge is -2.10. The molecule has 0 bridgehead atoms. The van der Waals surface area contributed by atoms with Crippen LogP contribution in [-0.2, 0) is 0 Å². The minimum absolute atomic E-state index is 0.882. The van der Waals surface area contributed by atoms with Gasteiger partial charge in [0.2, 0.25) is 0 Å². The van der Waals surface area contributed by atoms with Crippen LogP contribution in [0.4, 0.5) is 0 Å². The summed E-state index contributed by atoms with van der Waals surface area (Å²) in [6, 6.07) is 0. The van der Waals surface area contributed by atoms with Crippen LogP contribution in [-0.4, -0.2) is 30.5 Å². The Kier molecular flexibility index (Phi) is 4.14. The molecule has 1 radical (unpaired) electrons. The van der Waals surface area contributed by atoms with Gasteiger partial charge in [0.25, 0.3) is 0 Å². The number of hydrogen-bond donors (Lipinski definition) is 1. The fourth-order valence-corrected chi connectivity index (χ4v) is 0.387. The van der Waals surface area contributed by atoms with Gasteiger partial charge in [0.1, 0.15) is 0 Å². The molecular weight excluding hydrogens is 88.9 g/mol. The second-order valence-corrected chi connectivity index (χ2v) is 1.34. The summed E-state index contributed by atoms with van der Waals surface area (Å²) in [5.74, 6) is 0.